The average Bonchev–Trinajstić information content (AvgIpc) is 2.98. The second kappa shape index (κ2) is 6.39. The molecule has 6 nitrogen and oxygen atoms in total. The number of benzene rings is 2. The van der Waals surface area contributed by atoms with Gasteiger partial charge in [-0.05, 0) is 29.8 Å². The fourth-order valence-corrected chi connectivity index (χ4v) is 2.29. The third kappa shape index (κ3) is 3.42. The molecule has 0 radical (unpaired) electrons. The fourth-order valence-electron chi connectivity index (χ4n) is 2.29. The van der Waals surface area contributed by atoms with Gasteiger partial charge in [-0.15, -0.1) is 0 Å². The van der Waals surface area contributed by atoms with Gasteiger partial charge in [0.2, 0.25) is 0 Å². The highest BCUT2D eigenvalue weighted by Gasteiger charge is 2.22. The van der Waals surface area contributed by atoms with Crippen molar-refractivity contribution in [2.75, 3.05) is 12.4 Å². The Bertz CT molecular complexity index is 778. The molecular formula is C17H16N2O4. The number of nitrogens with one attached hydrogen (secondary N) is 1. The van der Waals surface area contributed by atoms with Crippen LogP contribution in [0.3, 0.4) is 0 Å². The maximum Gasteiger partial charge on any atom is 0.328 e. The zero-order valence-electron chi connectivity index (χ0n) is 12.5. The maximum atomic E-state index is 12.0. The van der Waals surface area contributed by atoms with Gasteiger partial charge in [-0.1, -0.05) is 24.3 Å². The minimum absolute atomic E-state index is 0.176. The molecule has 2 N–H and O–H groups in total. The molecule has 3 aromatic rings. The molecule has 0 bridgehead atoms. The van der Waals surface area contributed by atoms with E-state index in [1.807, 2.05) is 18.2 Å². The number of esters is 1. The van der Waals surface area contributed by atoms with Gasteiger partial charge in [0.05, 0.1) is 7.11 Å². The van der Waals surface area contributed by atoms with Crippen molar-refractivity contribution < 1.29 is 19.1 Å². The number of hydrogen-bond acceptors (Lipinski definition) is 6. The molecule has 0 aliphatic heterocycles. The Morgan fingerprint density at radius 3 is 2.70 bits per heavy atom. The molecule has 1 atom stereocenters. The zero-order chi connectivity index (χ0) is 16.2. The molecule has 0 fully saturated rings. The average molecular weight is 312 g/mol. The number of carbonyl (C=O) groups is 1. The van der Waals surface area contributed by atoms with E-state index < -0.39 is 12.0 Å². The summed E-state index contributed by atoms with van der Waals surface area (Å²) in [4.78, 5) is 16.3. The summed E-state index contributed by atoms with van der Waals surface area (Å²) in [6, 6.07) is 13.6. The van der Waals surface area contributed by atoms with Crippen LogP contribution in [-0.4, -0.2) is 29.2 Å². The van der Waals surface area contributed by atoms with Crippen LogP contribution < -0.4 is 5.32 Å². The number of ether oxygens (including phenoxy) is 1. The molecule has 0 aliphatic carbocycles. The summed E-state index contributed by atoms with van der Waals surface area (Å²) in [5, 5.41) is 12.3. The van der Waals surface area contributed by atoms with Crippen molar-refractivity contribution in [1.82, 2.24) is 4.98 Å². The first-order valence-corrected chi connectivity index (χ1v) is 7.13. The van der Waals surface area contributed by atoms with E-state index >= 15 is 0 Å². The summed E-state index contributed by atoms with van der Waals surface area (Å²) in [5.41, 5.74) is 2.23. The van der Waals surface area contributed by atoms with Gasteiger partial charge >= 0.3 is 5.97 Å². The molecule has 3 rings (SSSR count). The summed E-state index contributed by atoms with van der Waals surface area (Å²) >= 11 is 0. The van der Waals surface area contributed by atoms with E-state index in [0.29, 0.717) is 17.5 Å². The second-order valence-electron chi connectivity index (χ2n) is 5.08. The van der Waals surface area contributed by atoms with Crippen molar-refractivity contribution >= 4 is 23.1 Å². The molecule has 118 valence electrons. The molecule has 6 heteroatoms. The Morgan fingerprint density at radius 2 is 2.00 bits per heavy atom. The number of para-hydroxylation sites is 2. The number of anilines is 1. The lowest BCUT2D eigenvalue weighted by atomic mass is 10.1. The van der Waals surface area contributed by atoms with Crippen LogP contribution in [0.25, 0.3) is 11.1 Å². The Balaban J connectivity index is 1.81. The van der Waals surface area contributed by atoms with Gasteiger partial charge < -0.3 is 19.6 Å². The normalized spacial score (nSPS) is 12.0. The molecule has 0 unspecified atom stereocenters. The number of phenols is 1. The van der Waals surface area contributed by atoms with Gasteiger partial charge in [0.25, 0.3) is 6.01 Å². The highest BCUT2D eigenvalue weighted by Crippen LogP contribution is 2.20. The molecule has 0 aliphatic rings. The summed E-state index contributed by atoms with van der Waals surface area (Å²) in [5.74, 6) is -0.240. The van der Waals surface area contributed by atoms with Crippen molar-refractivity contribution in [3.8, 4) is 5.75 Å². The highest BCUT2D eigenvalue weighted by atomic mass is 16.5. The number of methoxy groups -OCH3 is 1. The van der Waals surface area contributed by atoms with Gasteiger partial charge in [0.1, 0.15) is 17.3 Å². The van der Waals surface area contributed by atoms with E-state index in [9.17, 15) is 9.90 Å². The summed E-state index contributed by atoms with van der Waals surface area (Å²) in [6.45, 7) is 0. The molecular weight excluding hydrogens is 296 g/mol. The topological polar surface area (TPSA) is 84.6 Å². The first-order valence-electron chi connectivity index (χ1n) is 7.13. The SMILES string of the molecule is COC(=O)[C@H](Cc1ccc(O)cc1)Nc1nc2ccccc2o1. The van der Waals surface area contributed by atoms with Crippen LogP contribution in [0.5, 0.6) is 5.75 Å². The van der Waals surface area contributed by atoms with Crippen molar-refractivity contribution in [2.24, 2.45) is 0 Å². The predicted molar refractivity (Wildman–Crippen MR) is 85.2 cm³/mol. The molecule has 0 amide bonds. The Hall–Kier alpha value is -3.02. The van der Waals surface area contributed by atoms with Gasteiger partial charge in [0, 0.05) is 6.42 Å². The third-order valence-corrected chi connectivity index (χ3v) is 3.45. The fraction of sp³-hybridized carbons (Fsp3) is 0.176. The summed E-state index contributed by atoms with van der Waals surface area (Å²) < 4.78 is 10.4. The first-order chi connectivity index (χ1) is 11.2. The van der Waals surface area contributed by atoms with E-state index in [1.165, 1.54) is 7.11 Å². The van der Waals surface area contributed by atoms with Crippen LogP contribution in [0.4, 0.5) is 6.01 Å². The van der Waals surface area contributed by atoms with Gasteiger partial charge in [-0.25, -0.2) is 4.79 Å². The number of nitrogens with zero attached hydrogens (tertiary/aromatic N) is 1. The van der Waals surface area contributed by atoms with Crippen LogP contribution in [0.1, 0.15) is 5.56 Å². The molecule has 0 spiro atoms. The standard InChI is InChI=1S/C17H16N2O4/c1-22-16(21)14(10-11-6-8-12(20)9-7-11)19-17-18-13-4-2-3-5-15(13)23-17/h2-9,14,20H,10H2,1H3,(H,18,19)/t14-/m0/s1. The van der Waals surface area contributed by atoms with Crippen LogP contribution in [0.15, 0.2) is 52.9 Å². The third-order valence-electron chi connectivity index (χ3n) is 3.45. The lowest BCUT2D eigenvalue weighted by molar-refractivity contribution is -0.141. The number of aromatic hydroxyl groups is 1. The Morgan fingerprint density at radius 1 is 1.26 bits per heavy atom. The molecule has 2 aromatic carbocycles. The van der Waals surface area contributed by atoms with E-state index in [-0.39, 0.29) is 11.8 Å². The number of oxazole rings is 1. The monoisotopic (exact) mass is 312 g/mol. The Labute approximate surface area is 132 Å². The highest BCUT2D eigenvalue weighted by molar-refractivity contribution is 5.80. The van der Waals surface area contributed by atoms with E-state index in [2.05, 4.69) is 10.3 Å². The lowest BCUT2D eigenvalue weighted by Gasteiger charge is -2.15. The van der Waals surface area contributed by atoms with Gasteiger partial charge in [0.15, 0.2) is 5.58 Å². The van der Waals surface area contributed by atoms with Crippen LogP contribution >= 0.6 is 0 Å². The summed E-state index contributed by atoms with van der Waals surface area (Å²) in [7, 11) is 1.33. The van der Waals surface area contributed by atoms with E-state index in [1.54, 1.807) is 30.3 Å². The van der Waals surface area contributed by atoms with Crippen LogP contribution in [0.2, 0.25) is 0 Å². The number of aromatic nitrogens is 1. The number of carbonyl (C=O) groups excluding carboxylic acids is 1. The smallest absolute Gasteiger partial charge is 0.328 e. The molecule has 0 saturated heterocycles. The minimum Gasteiger partial charge on any atom is -0.508 e. The lowest BCUT2D eigenvalue weighted by Crippen LogP contribution is -2.33. The number of rotatable bonds is 5. The second-order valence-corrected chi connectivity index (χ2v) is 5.08. The largest absolute Gasteiger partial charge is 0.508 e. The minimum atomic E-state index is -0.641. The van der Waals surface area contributed by atoms with Crippen LogP contribution in [0, 0.1) is 0 Å². The molecule has 1 aromatic heterocycles. The molecule has 23 heavy (non-hydrogen) atoms. The molecule has 0 saturated carbocycles. The van der Waals surface area contributed by atoms with E-state index in [4.69, 9.17) is 9.15 Å². The van der Waals surface area contributed by atoms with Crippen molar-refractivity contribution in [3.63, 3.8) is 0 Å². The van der Waals surface area contributed by atoms with Gasteiger partial charge in [-0.2, -0.15) is 4.98 Å². The van der Waals surface area contributed by atoms with Crippen LogP contribution in [-0.2, 0) is 16.0 Å². The number of hydrogen-bond donors (Lipinski definition) is 2. The van der Waals surface area contributed by atoms with Gasteiger partial charge in [-0.3, -0.25) is 0 Å². The maximum absolute atomic E-state index is 12.0. The molecule has 1 heterocycles. The quantitative estimate of drug-likeness (QED) is 0.705. The Kier molecular flexibility index (Phi) is 4.14. The first kappa shape index (κ1) is 14.9. The summed E-state index contributed by atoms with van der Waals surface area (Å²) in [6.07, 6.45) is 0.381. The predicted octanol–water partition coefficient (Wildman–Crippen LogP) is 2.73. The van der Waals surface area contributed by atoms with E-state index in [0.717, 1.165) is 5.56 Å². The van der Waals surface area contributed by atoms with Crippen molar-refractivity contribution in [1.29, 1.82) is 0 Å². The van der Waals surface area contributed by atoms with Crippen molar-refractivity contribution in [3.05, 3.63) is 54.1 Å². The number of fused-ring (bicyclic) bond motifs is 1. The van der Waals surface area contributed by atoms with Crippen molar-refractivity contribution in [2.45, 2.75) is 12.5 Å². The number of phenolic OH excluding ortho intramolecular Hbond substituents is 1. The zero-order valence-corrected chi connectivity index (χ0v) is 12.5.